The molecule has 0 aliphatic rings. The molecule has 2 heterocycles. The van der Waals surface area contributed by atoms with Crippen LogP contribution in [0.25, 0.3) is 10.6 Å². The number of carbonyl (C=O) groups is 2. The first kappa shape index (κ1) is 17.3. The minimum Gasteiger partial charge on any atom is -0.497 e. The highest BCUT2D eigenvalue weighted by Gasteiger charge is 2.13. The predicted molar refractivity (Wildman–Crippen MR) is 97.4 cm³/mol. The van der Waals surface area contributed by atoms with Gasteiger partial charge in [-0.1, -0.05) is 0 Å². The van der Waals surface area contributed by atoms with E-state index in [4.69, 9.17) is 9.47 Å². The summed E-state index contributed by atoms with van der Waals surface area (Å²) in [4.78, 5) is 28.4. The molecule has 5 nitrogen and oxygen atoms in total. The average Bonchev–Trinajstić information content (AvgIpc) is 3.31. The smallest absolute Gasteiger partial charge is 0.312 e. The normalized spacial score (nSPS) is 10.4. The third-order valence-electron chi connectivity index (χ3n) is 3.42. The van der Waals surface area contributed by atoms with Crippen molar-refractivity contribution in [1.82, 2.24) is 4.98 Å². The zero-order valence-corrected chi connectivity index (χ0v) is 15.1. The summed E-state index contributed by atoms with van der Waals surface area (Å²) in [5.74, 6) is -0.0595. The molecule has 3 aromatic rings. The molecule has 0 aliphatic heterocycles. The lowest BCUT2D eigenvalue weighted by Gasteiger charge is -2.04. The van der Waals surface area contributed by atoms with E-state index in [1.807, 2.05) is 22.2 Å². The lowest BCUT2D eigenvalue weighted by molar-refractivity contribution is -0.141. The number of methoxy groups -OCH3 is 1. The Morgan fingerprint density at radius 1 is 1.12 bits per heavy atom. The predicted octanol–water partition coefficient (Wildman–Crippen LogP) is 3.85. The lowest BCUT2D eigenvalue weighted by Crippen LogP contribution is -2.15. The number of ether oxygens (including phenoxy) is 2. The van der Waals surface area contributed by atoms with Crippen molar-refractivity contribution in [2.45, 2.75) is 6.42 Å². The van der Waals surface area contributed by atoms with Crippen molar-refractivity contribution in [3.8, 4) is 16.3 Å². The van der Waals surface area contributed by atoms with Gasteiger partial charge in [0.1, 0.15) is 10.8 Å². The van der Waals surface area contributed by atoms with Crippen LogP contribution in [0.2, 0.25) is 0 Å². The molecule has 3 rings (SSSR count). The van der Waals surface area contributed by atoms with Crippen LogP contribution < -0.4 is 4.74 Å². The lowest BCUT2D eigenvalue weighted by atomic mass is 10.1. The van der Waals surface area contributed by atoms with E-state index in [-0.39, 0.29) is 18.8 Å². The Kier molecular flexibility index (Phi) is 5.57. The van der Waals surface area contributed by atoms with Crippen molar-refractivity contribution >= 4 is 34.4 Å². The van der Waals surface area contributed by atoms with E-state index >= 15 is 0 Å². The van der Waals surface area contributed by atoms with E-state index < -0.39 is 5.97 Å². The van der Waals surface area contributed by atoms with Crippen LogP contribution in [0.5, 0.6) is 5.75 Å². The van der Waals surface area contributed by atoms with Gasteiger partial charge in [0.05, 0.1) is 19.2 Å². The maximum absolute atomic E-state index is 12.0. The zero-order chi connectivity index (χ0) is 17.6. The monoisotopic (exact) mass is 373 g/mol. The van der Waals surface area contributed by atoms with Crippen LogP contribution in [0.1, 0.15) is 16.1 Å². The molecule has 0 N–H and O–H groups in total. The van der Waals surface area contributed by atoms with Crippen LogP contribution in [-0.4, -0.2) is 30.5 Å². The van der Waals surface area contributed by atoms with Gasteiger partial charge in [0.2, 0.25) is 0 Å². The summed E-state index contributed by atoms with van der Waals surface area (Å²) in [7, 11) is 1.56. The molecule has 0 spiro atoms. The molecule has 25 heavy (non-hydrogen) atoms. The van der Waals surface area contributed by atoms with E-state index in [2.05, 4.69) is 4.98 Å². The number of ketones is 1. The van der Waals surface area contributed by atoms with Gasteiger partial charge in [-0.05, 0) is 35.7 Å². The van der Waals surface area contributed by atoms with Crippen LogP contribution in [0.3, 0.4) is 0 Å². The van der Waals surface area contributed by atoms with E-state index in [1.165, 1.54) is 11.3 Å². The molecule has 0 atom stereocenters. The molecule has 1 aromatic carbocycles. The molecule has 0 saturated heterocycles. The number of carbonyl (C=O) groups excluding carboxylic acids is 2. The topological polar surface area (TPSA) is 65.5 Å². The van der Waals surface area contributed by atoms with Gasteiger partial charge in [0, 0.05) is 21.9 Å². The van der Waals surface area contributed by atoms with Gasteiger partial charge < -0.3 is 9.47 Å². The highest BCUT2D eigenvalue weighted by molar-refractivity contribution is 7.14. The number of esters is 1. The second-order valence-electron chi connectivity index (χ2n) is 5.15. The number of hydrogen-bond acceptors (Lipinski definition) is 7. The van der Waals surface area contributed by atoms with Crippen LogP contribution >= 0.6 is 22.7 Å². The molecule has 0 amide bonds. The number of thiazole rings is 1. The fraction of sp³-hybridized carbons (Fsp3) is 0.167. The van der Waals surface area contributed by atoms with Gasteiger partial charge in [0.25, 0.3) is 0 Å². The number of rotatable bonds is 7. The Labute approximate surface area is 152 Å². The van der Waals surface area contributed by atoms with Gasteiger partial charge in [0.15, 0.2) is 12.4 Å². The molecule has 0 bridgehead atoms. The molecule has 7 heteroatoms. The number of thiophene rings is 1. The molecule has 0 unspecified atom stereocenters. The first-order valence-corrected chi connectivity index (χ1v) is 9.28. The summed E-state index contributed by atoms with van der Waals surface area (Å²) in [6.07, 6.45) is 0.0521. The molecule has 128 valence electrons. The summed E-state index contributed by atoms with van der Waals surface area (Å²) in [6, 6.07) is 8.65. The highest BCUT2D eigenvalue weighted by atomic mass is 32.1. The number of hydrogen-bond donors (Lipinski definition) is 0. The maximum Gasteiger partial charge on any atom is 0.312 e. The van der Waals surface area contributed by atoms with Crippen molar-refractivity contribution in [1.29, 1.82) is 0 Å². The number of Topliss-reactive ketones (excluding diaryl/α,β-unsaturated/α-hetero) is 1. The quantitative estimate of drug-likeness (QED) is 0.465. The highest BCUT2D eigenvalue weighted by Crippen LogP contribution is 2.25. The second-order valence-corrected chi connectivity index (χ2v) is 6.78. The zero-order valence-electron chi connectivity index (χ0n) is 13.4. The molecule has 0 fully saturated rings. The average molecular weight is 373 g/mol. The first-order valence-electron chi connectivity index (χ1n) is 7.45. The molecular formula is C18H15NO4S2. The summed E-state index contributed by atoms with van der Waals surface area (Å²) >= 11 is 3.08. The fourth-order valence-electron chi connectivity index (χ4n) is 2.11. The SMILES string of the molecule is COc1ccc(C(=O)COC(=O)Cc2csc(-c3ccsc3)n2)cc1. The minimum absolute atomic E-state index is 0.0521. The Balaban J connectivity index is 1.51. The Morgan fingerprint density at radius 2 is 1.92 bits per heavy atom. The summed E-state index contributed by atoms with van der Waals surface area (Å²) in [5.41, 5.74) is 2.17. The summed E-state index contributed by atoms with van der Waals surface area (Å²) in [6.45, 7) is -0.285. The van der Waals surface area contributed by atoms with E-state index in [0.717, 1.165) is 10.6 Å². The van der Waals surface area contributed by atoms with Gasteiger partial charge in [-0.2, -0.15) is 11.3 Å². The number of aromatic nitrogens is 1. The van der Waals surface area contributed by atoms with Crippen molar-refractivity contribution in [3.05, 3.63) is 57.7 Å². The third-order valence-corrected chi connectivity index (χ3v) is 5.04. The third kappa shape index (κ3) is 4.52. The molecule has 0 radical (unpaired) electrons. The summed E-state index contributed by atoms with van der Waals surface area (Å²) < 4.78 is 10.1. The molecule has 2 aromatic heterocycles. The number of benzene rings is 1. The van der Waals surface area contributed by atoms with Crippen LogP contribution in [0.4, 0.5) is 0 Å². The summed E-state index contributed by atoms with van der Waals surface area (Å²) in [5, 5.41) is 6.70. The van der Waals surface area contributed by atoms with E-state index in [1.54, 1.807) is 42.7 Å². The van der Waals surface area contributed by atoms with Gasteiger partial charge >= 0.3 is 5.97 Å². The second kappa shape index (κ2) is 8.04. The molecule has 0 aliphatic carbocycles. The van der Waals surface area contributed by atoms with Gasteiger partial charge in [-0.3, -0.25) is 9.59 Å². The molecular weight excluding hydrogens is 358 g/mol. The van der Waals surface area contributed by atoms with Crippen molar-refractivity contribution in [2.24, 2.45) is 0 Å². The van der Waals surface area contributed by atoms with Gasteiger partial charge in [-0.25, -0.2) is 4.98 Å². The standard InChI is InChI=1S/C18H15NO4S2/c1-22-15-4-2-12(3-5-15)16(20)9-23-17(21)8-14-11-25-18(19-14)13-6-7-24-10-13/h2-7,10-11H,8-9H2,1H3. The minimum atomic E-state index is -0.468. The maximum atomic E-state index is 12.0. The Bertz CT molecular complexity index is 854. The first-order chi connectivity index (χ1) is 12.2. The Hall–Kier alpha value is -2.51. The van der Waals surface area contributed by atoms with Crippen molar-refractivity contribution in [2.75, 3.05) is 13.7 Å². The van der Waals surface area contributed by atoms with Gasteiger partial charge in [-0.15, -0.1) is 11.3 Å². The Morgan fingerprint density at radius 3 is 2.60 bits per heavy atom. The largest absolute Gasteiger partial charge is 0.497 e. The van der Waals surface area contributed by atoms with E-state index in [9.17, 15) is 9.59 Å². The van der Waals surface area contributed by atoms with Crippen molar-refractivity contribution in [3.63, 3.8) is 0 Å². The van der Waals surface area contributed by atoms with E-state index in [0.29, 0.717) is 17.0 Å². The van der Waals surface area contributed by atoms with Crippen molar-refractivity contribution < 1.29 is 19.1 Å². The van der Waals surface area contributed by atoms with Crippen LogP contribution in [0, 0.1) is 0 Å². The van der Waals surface area contributed by atoms with Crippen LogP contribution in [-0.2, 0) is 16.0 Å². The molecule has 0 saturated carbocycles. The fourth-order valence-corrected chi connectivity index (χ4v) is 3.64. The van der Waals surface area contributed by atoms with Crippen LogP contribution in [0.15, 0.2) is 46.5 Å². The number of nitrogens with zero attached hydrogens (tertiary/aromatic N) is 1.